The largest absolute Gasteiger partial charge is 0.390 e. The average Bonchev–Trinajstić information content (AvgIpc) is 2.05. The first-order valence-electron chi connectivity index (χ1n) is 3.59. The van der Waals surface area contributed by atoms with Crippen molar-refractivity contribution in [2.75, 3.05) is 0 Å². The lowest BCUT2D eigenvalue weighted by molar-refractivity contribution is 0.192. The van der Waals surface area contributed by atoms with Crippen molar-refractivity contribution in [3.05, 3.63) is 29.3 Å². The molecule has 1 unspecified atom stereocenters. The van der Waals surface area contributed by atoms with Gasteiger partial charge in [-0.15, -0.1) is 0 Å². The maximum Gasteiger partial charge on any atom is 0.147 e. The Bertz CT molecular complexity index is 276. The van der Waals surface area contributed by atoms with Gasteiger partial charge in [-0.1, -0.05) is 0 Å². The summed E-state index contributed by atoms with van der Waals surface area (Å²) < 4.78 is 12.7. The molecular weight excluding hydrogens is 161 g/mol. The molecule has 0 aliphatic carbocycles. The third-order valence-electron chi connectivity index (χ3n) is 1.52. The number of aliphatic hydroxyl groups is 2. The van der Waals surface area contributed by atoms with Crippen LogP contribution in [0.3, 0.4) is 0 Å². The van der Waals surface area contributed by atoms with E-state index in [2.05, 4.69) is 4.98 Å². The number of aromatic nitrogens is 1. The van der Waals surface area contributed by atoms with E-state index in [4.69, 9.17) is 10.2 Å². The van der Waals surface area contributed by atoms with E-state index in [-0.39, 0.29) is 5.69 Å². The van der Waals surface area contributed by atoms with Crippen molar-refractivity contribution in [3.8, 4) is 0 Å². The van der Waals surface area contributed by atoms with Crippen LogP contribution in [0.25, 0.3) is 0 Å². The summed E-state index contributed by atoms with van der Waals surface area (Å²) in [6, 6.07) is 2.57. The Hall–Kier alpha value is -1.00. The van der Waals surface area contributed by atoms with Crippen LogP contribution in [0.1, 0.15) is 24.4 Å². The summed E-state index contributed by atoms with van der Waals surface area (Å²) in [5.41, 5.74) is 0.328. The molecule has 0 bridgehead atoms. The fourth-order valence-electron chi connectivity index (χ4n) is 0.845. The molecule has 2 N–H and O–H groups in total. The number of nitrogens with zero attached hydrogens (tertiary/aromatic N) is 1. The Balaban J connectivity index is 3.05. The molecule has 0 fully saturated rings. The van der Waals surface area contributed by atoms with Crippen molar-refractivity contribution in [2.24, 2.45) is 0 Å². The third kappa shape index (κ3) is 1.78. The van der Waals surface area contributed by atoms with Gasteiger partial charge in [0.15, 0.2) is 0 Å². The van der Waals surface area contributed by atoms with Gasteiger partial charge in [0.1, 0.15) is 11.5 Å². The molecule has 1 rings (SSSR count). The minimum absolute atomic E-state index is 0.0339. The summed E-state index contributed by atoms with van der Waals surface area (Å²) in [5.74, 6) is -0.554. The van der Waals surface area contributed by atoms with E-state index in [9.17, 15) is 4.39 Å². The maximum atomic E-state index is 12.7. The highest BCUT2D eigenvalue weighted by Crippen LogP contribution is 2.11. The highest BCUT2D eigenvalue weighted by Gasteiger charge is 2.07. The van der Waals surface area contributed by atoms with Crippen LogP contribution in [-0.4, -0.2) is 15.2 Å². The Labute approximate surface area is 69.5 Å². The van der Waals surface area contributed by atoms with Crippen LogP contribution in [0.4, 0.5) is 4.39 Å². The van der Waals surface area contributed by atoms with Gasteiger partial charge in [0, 0.05) is 0 Å². The highest BCUT2D eigenvalue weighted by atomic mass is 19.1. The van der Waals surface area contributed by atoms with Crippen molar-refractivity contribution in [2.45, 2.75) is 19.6 Å². The fraction of sp³-hybridized carbons (Fsp3) is 0.375. The van der Waals surface area contributed by atoms with Crippen molar-refractivity contribution >= 4 is 0 Å². The predicted octanol–water partition coefficient (Wildman–Crippen LogP) is 0.766. The third-order valence-corrected chi connectivity index (χ3v) is 1.52. The zero-order valence-electron chi connectivity index (χ0n) is 6.66. The highest BCUT2D eigenvalue weighted by molar-refractivity contribution is 5.14. The number of rotatable bonds is 2. The summed E-state index contributed by atoms with van der Waals surface area (Å²) in [6.45, 7) is 1.08. The van der Waals surface area contributed by atoms with Crippen LogP contribution in [-0.2, 0) is 6.61 Å². The molecule has 12 heavy (non-hydrogen) atoms. The molecule has 1 heterocycles. The van der Waals surface area contributed by atoms with E-state index in [0.29, 0.717) is 5.69 Å². The van der Waals surface area contributed by atoms with E-state index < -0.39 is 18.5 Å². The molecule has 0 radical (unpaired) electrons. The quantitative estimate of drug-likeness (QED) is 0.690. The molecule has 0 aliphatic heterocycles. The summed E-state index contributed by atoms with van der Waals surface area (Å²) >= 11 is 0. The second-order valence-corrected chi connectivity index (χ2v) is 2.50. The fourth-order valence-corrected chi connectivity index (χ4v) is 0.845. The van der Waals surface area contributed by atoms with E-state index in [1.165, 1.54) is 19.1 Å². The van der Waals surface area contributed by atoms with Crippen molar-refractivity contribution in [1.29, 1.82) is 0 Å². The molecule has 0 aromatic carbocycles. The van der Waals surface area contributed by atoms with Gasteiger partial charge in [-0.05, 0) is 19.1 Å². The number of hydrogen-bond donors (Lipinski definition) is 2. The van der Waals surface area contributed by atoms with Crippen LogP contribution >= 0.6 is 0 Å². The second kappa shape index (κ2) is 3.60. The standard InChI is InChI=1S/C8H10FNO2/c1-5(12)7-3-2-6(9)8(4-11)10-7/h2-3,5,11-12H,4H2,1H3. The lowest BCUT2D eigenvalue weighted by atomic mass is 10.2. The molecular formula is C8H10FNO2. The van der Waals surface area contributed by atoms with Crippen LogP contribution in [0.2, 0.25) is 0 Å². The average molecular weight is 171 g/mol. The molecule has 0 saturated heterocycles. The molecule has 0 saturated carbocycles. The summed E-state index contributed by atoms with van der Waals surface area (Å²) in [7, 11) is 0. The molecule has 0 amide bonds. The van der Waals surface area contributed by atoms with Gasteiger partial charge in [-0.2, -0.15) is 0 Å². The van der Waals surface area contributed by atoms with Crippen LogP contribution in [0.5, 0.6) is 0 Å². The lowest BCUT2D eigenvalue weighted by Gasteiger charge is -2.05. The SMILES string of the molecule is CC(O)c1ccc(F)c(CO)n1. The zero-order valence-corrected chi connectivity index (χ0v) is 6.66. The van der Waals surface area contributed by atoms with Crippen LogP contribution < -0.4 is 0 Å². The van der Waals surface area contributed by atoms with E-state index >= 15 is 0 Å². The van der Waals surface area contributed by atoms with Gasteiger partial charge in [-0.25, -0.2) is 9.37 Å². The molecule has 1 aromatic rings. The Morgan fingerprint density at radius 3 is 2.75 bits per heavy atom. The topological polar surface area (TPSA) is 53.4 Å². The van der Waals surface area contributed by atoms with Gasteiger partial charge in [0.2, 0.25) is 0 Å². The second-order valence-electron chi connectivity index (χ2n) is 2.50. The van der Waals surface area contributed by atoms with Crippen molar-refractivity contribution in [1.82, 2.24) is 4.98 Å². The Morgan fingerprint density at radius 2 is 2.25 bits per heavy atom. The minimum Gasteiger partial charge on any atom is -0.390 e. The first-order valence-corrected chi connectivity index (χ1v) is 3.59. The Morgan fingerprint density at radius 1 is 1.58 bits per heavy atom. The van der Waals surface area contributed by atoms with E-state index in [1.807, 2.05) is 0 Å². The van der Waals surface area contributed by atoms with E-state index in [0.717, 1.165) is 0 Å². The summed E-state index contributed by atoms with van der Waals surface area (Å²) in [6.07, 6.45) is -0.740. The number of halogens is 1. The number of aliphatic hydroxyl groups excluding tert-OH is 2. The van der Waals surface area contributed by atoms with Gasteiger partial charge < -0.3 is 10.2 Å². The predicted molar refractivity (Wildman–Crippen MR) is 40.8 cm³/mol. The van der Waals surface area contributed by atoms with Gasteiger partial charge in [0.05, 0.1) is 18.4 Å². The normalized spacial score (nSPS) is 13.0. The van der Waals surface area contributed by atoms with Crippen LogP contribution in [0.15, 0.2) is 12.1 Å². The van der Waals surface area contributed by atoms with Crippen LogP contribution in [0, 0.1) is 5.82 Å². The number of pyridine rings is 1. The van der Waals surface area contributed by atoms with Crippen molar-refractivity contribution in [3.63, 3.8) is 0 Å². The smallest absolute Gasteiger partial charge is 0.147 e. The van der Waals surface area contributed by atoms with Crippen molar-refractivity contribution < 1.29 is 14.6 Å². The molecule has 0 aliphatic rings. The molecule has 4 heteroatoms. The molecule has 0 spiro atoms. The molecule has 1 aromatic heterocycles. The van der Waals surface area contributed by atoms with Gasteiger partial charge in [-0.3, -0.25) is 0 Å². The summed E-state index contributed by atoms with van der Waals surface area (Å²) in [4.78, 5) is 3.72. The maximum absolute atomic E-state index is 12.7. The minimum atomic E-state index is -0.740. The molecule has 66 valence electrons. The summed E-state index contributed by atoms with van der Waals surface area (Å²) in [5, 5.41) is 17.7. The Kier molecular flexibility index (Phi) is 2.73. The van der Waals surface area contributed by atoms with E-state index in [1.54, 1.807) is 0 Å². The first-order chi connectivity index (χ1) is 5.65. The number of hydrogen-bond acceptors (Lipinski definition) is 3. The van der Waals surface area contributed by atoms with Gasteiger partial charge in [0.25, 0.3) is 0 Å². The van der Waals surface area contributed by atoms with Gasteiger partial charge >= 0.3 is 0 Å². The first kappa shape index (κ1) is 9.09. The monoisotopic (exact) mass is 171 g/mol. The zero-order chi connectivity index (χ0) is 9.14. The molecule has 1 atom stereocenters. The lowest BCUT2D eigenvalue weighted by Crippen LogP contribution is -2.01. The molecule has 3 nitrogen and oxygen atoms in total.